The zero-order valence-electron chi connectivity index (χ0n) is 12.2. The summed E-state index contributed by atoms with van der Waals surface area (Å²) in [4.78, 5) is 7.53. The molecule has 21 heavy (non-hydrogen) atoms. The number of thiazole rings is 1. The number of nitrogens with one attached hydrogen (secondary N) is 1. The van der Waals surface area contributed by atoms with Crippen LogP contribution in [0.25, 0.3) is 4.96 Å². The minimum Gasteiger partial charge on any atom is -0.357 e. The standard InChI is InChI=1S/C13H20N4O2S2/c1-16(6-8-21(2,18)19)12-11(9-14-10-3-4-10)17-5-7-20-13(17)15-12/h5,7,10,14H,3-4,6,8-9H2,1-2H3. The van der Waals surface area contributed by atoms with Gasteiger partial charge in [-0.05, 0) is 12.8 Å². The third-order valence-corrected chi connectivity index (χ3v) is 5.32. The normalized spacial score (nSPS) is 15.7. The number of aromatic nitrogens is 2. The molecule has 2 heterocycles. The number of hydrogen-bond acceptors (Lipinski definition) is 6. The summed E-state index contributed by atoms with van der Waals surface area (Å²) in [5, 5.41) is 5.52. The molecule has 1 aliphatic carbocycles. The molecule has 1 aliphatic rings. The molecular formula is C13H20N4O2S2. The van der Waals surface area contributed by atoms with Crippen molar-refractivity contribution in [3.05, 3.63) is 17.3 Å². The maximum absolute atomic E-state index is 11.3. The molecular weight excluding hydrogens is 308 g/mol. The maximum Gasteiger partial charge on any atom is 0.195 e. The smallest absolute Gasteiger partial charge is 0.195 e. The molecule has 0 radical (unpaired) electrons. The Morgan fingerprint density at radius 2 is 2.29 bits per heavy atom. The van der Waals surface area contributed by atoms with E-state index in [2.05, 4.69) is 14.7 Å². The molecule has 0 atom stereocenters. The number of rotatable bonds is 7. The molecule has 2 aromatic rings. The molecule has 0 bridgehead atoms. The van der Waals surface area contributed by atoms with Gasteiger partial charge in [-0.2, -0.15) is 0 Å². The van der Waals surface area contributed by atoms with Crippen LogP contribution >= 0.6 is 11.3 Å². The van der Waals surface area contributed by atoms with Crippen LogP contribution in [0.1, 0.15) is 18.5 Å². The molecule has 0 aromatic carbocycles. The van der Waals surface area contributed by atoms with Gasteiger partial charge >= 0.3 is 0 Å². The van der Waals surface area contributed by atoms with Crippen LogP contribution in [0.5, 0.6) is 0 Å². The topological polar surface area (TPSA) is 66.7 Å². The average Bonchev–Trinajstić information content (AvgIpc) is 3.00. The van der Waals surface area contributed by atoms with Gasteiger partial charge in [0, 0.05) is 44.0 Å². The van der Waals surface area contributed by atoms with E-state index in [0.717, 1.165) is 23.0 Å². The summed E-state index contributed by atoms with van der Waals surface area (Å²) in [6, 6.07) is 0.628. The number of anilines is 1. The van der Waals surface area contributed by atoms with Crippen LogP contribution in [0.4, 0.5) is 5.82 Å². The van der Waals surface area contributed by atoms with Crippen molar-refractivity contribution in [1.82, 2.24) is 14.7 Å². The van der Waals surface area contributed by atoms with E-state index < -0.39 is 9.84 Å². The minimum absolute atomic E-state index is 0.143. The lowest BCUT2D eigenvalue weighted by Crippen LogP contribution is -2.27. The molecule has 0 unspecified atom stereocenters. The molecule has 116 valence electrons. The summed E-state index contributed by atoms with van der Waals surface area (Å²) in [7, 11) is -1.06. The van der Waals surface area contributed by atoms with Gasteiger partial charge in [-0.15, -0.1) is 11.3 Å². The zero-order valence-corrected chi connectivity index (χ0v) is 13.9. The average molecular weight is 328 g/mol. The molecule has 0 aliphatic heterocycles. The molecule has 8 heteroatoms. The zero-order chi connectivity index (χ0) is 15.0. The van der Waals surface area contributed by atoms with Crippen molar-refractivity contribution in [3.8, 4) is 0 Å². The summed E-state index contributed by atoms with van der Waals surface area (Å²) in [5.41, 5.74) is 1.11. The van der Waals surface area contributed by atoms with E-state index in [9.17, 15) is 8.42 Å². The summed E-state index contributed by atoms with van der Waals surface area (Å²) in [6.07, 6.45) is 5.77. The van der Waals surface area contributed by atoms with Crippen molar-refractivity contribution in [2.75, 3.05) is 30.5 Å². The number of imidazole rings is 1. The predicted octanol–water partition coefficient (Wildman–Crippen LogP) is 1.13. The fraction of sp³-hybridized carbons (Fsp3) is 0.615. The van der Waals surface area contributed by atoms with Crippen LogP contribution in [0.2, 0.25) is 0 Å². The third kappa shape index (κ3) is 3.56. The van der Waals surface area contributed by atoms with Gasteiger partial charge < -0.3 is 10.2 Å². The first-order valence-corrected chi connectivity index (χ1v) is 9.95. The van der Waals surface area contributed by atoms with E-state index in [1.165, 1.54) is 19.1 Å². The molecule has 1 fully saturated rings. The second kappa shape index (κ2) is 5.58. The molecule has 0 spiro atoms. The summed E-state index contributed by atoms with van der Waals surface area (Å²) in [5.74, 6) is 1.02. The lowest BCUT2D eigenvalue weighted by Gasteiger charge is -2.18. The van der Waals surface area contributed by atoms with E-state index in [-0.39, 0.29) is 5.75 Å². The highest BCUT2D eigenvalue weighted by atomic mass is 32.2. The molecule has 2 aromatic heterocycles. The van der Waals surface area contributed by atoms with E-state index in [0.29, 0.717) is 12.6 Å². The Balaban J connectivity index is 1.81. The highest BCUT2D eigenvalue weighted by molar-refractivity contribution is 7.90. The van der Waals surface area contributed by atoms with Crippen LogP contribution in [-0.4, -0.2) is 49.4 Å². The second-order valence-electron chi connectivity index (χ2n) is 5.64. The van der Waals surface area contributed by atoms with E-state index in [1.54, 1.807) is 11.3 Å². The van der Waals surface area contributed by atoms with Crippen LogP contribution in [0, 0.1) is 0 Å². The Hall–Kier alpha value is -1.12. The molecule has 0 saturated heterocycles. The van der Waals surface area contributed by atoms with E-state index >= 15 is 0 Å². The fourth-order valence-electron chi connectivity index (χ4n) is 2.23. The van der Waals surface area contributed by atoms with Gasteiger partial charge in [0.2, 0.25) is 0 Å². The van der Waals surface area contributed by atoms with Gasteiger partial charge in [0.1, 0.15) is 9.84 Å². The van der Waals surface area contributed by atoms with Gasteiger partial charge in [0.15, 0.2) is 10.8 Å². The predicted molar refractivity (Wildman–Crippen MR) is 85.9 cm³/mol. The van der Waals surface area contributed by atoms with Crippen molar-refractivity contribution in [2.24, 2.45) is 0 Å². The highest BCUT2D eigenvalue weighted by Crippen LogP contribution is 2.26. The van der Waals surface area contributed by atoms with Gasteiger partial charge in [0.25, 0.3) is 0 Å². The third-order valence-electron chi connectivity index (χ3n) is 3.63. The monoisotopic (exact) mass is 328 g/mol. The van der Waals surface area contributed by atoms with Gasteiger partial charge in [-0.1, -0.05) is 0 Å². The molecule has 6 nitrogen and oxygen atoms in total. The van der Waals surface area contributed by atoms with Crippen molar-refractivity contribution in [2.45, 2.75) is 25.4 Å². The van der Waals surface area contributed by atoms with Gasteiger partial charge in [-0.3, -0.25) is 4.40 Å². The first-order chi connectivity index (χ1) is 9.94. The Bertz CT molecular complexity index is 731. The number of nitrogens with zero attached hydrogens (tertiary/aromatic N) is 3. The Morgan fingerprint density at radius 3 is 2.95 bits per heavy atom. The van der Waals surface area contributed by atoms with Crippen molar-refractivity contribution in [1.29, 1.82) is 0 Å². The van der Waals surface area contributed by atoms with Crippen molar-refractivity contribution >= 4 is 32.0 Å². The summed E-state index contributed by atoms with van der Waals surface area (Å²) in [6.45, 7) is 1.22. The largest absolute Gasteiger partial charge is 0.357 e. The van der Waals surface area contributed by atoms with Crippen LogP contribution in [0.3, 0.4) is 0 Å². The first-order valence-electron chi connectivity index (χ1n) is 7.01. The van der Waals surface area contributed by atoms with Crippen LogP contribution in [-0.2, 0) is 16.4 Å². The van der Waals surface area contributed by atoms with Crippen molar-refractivity contribution < 1.29 is 8.42 Å². The highest BCUT2D eigenvalue weighted by Gasteiger charge is 2.23. The number of fused-ring (bicyclic) bond motifs is 1. The lowest BCUT2D eigenvalue weighted by molar-refractivity contribution is 0.600. The first kappa shape index (κ1) is 14.8. The Kier molecular flexibility index (Phi) is 3.94. The van der Waals surface area contributed by atoms with Crippen molar-refractivity contribution in [3.63, 3.8) is 0 Å². The van der Waals surface area contributed by atoms with E-state index in [4.69, 9.17) is 0 Å². The minimum atomic E-state index is -2.96. The van der Waals surface area contributed by atoms with E-state index in [1.807, 2.05) is 23.5 Å². The molecule has 1 N–H and O–H groups in total. The summed E-state index contributed by atoms with van der Waals surface area (Å²) >= 11 is 1.59. The number of hydrogen-bond donors (Lipinski definition) is 1. The van der Waals surface area contributed by atoms with Crippen LogP contribution < -0.4 is 10.2 Å². The molecule has 1 saturated carbocycles. The summed E-state index contributed by atoms with van der Waals surface area (Å²) < 4.78 is 24.8. The van der Waals surface area contributed by atoms with Gasteiger partial charge in [-0.25, -0.2) is 13.4 Å². The Morgan fingerprint density at radius 1 is 1.52 bits per heavy atom. The lowest BCUT2D eigenvalue weighted by atomic mass is 10.3. The molecule has 0 amide bonds. The number of sulfone groups is 1. The maximum atomic E-state index is 11.3. The fourth-order valence-corrected chi connectivity index (χ4v) is 3.56. The second-order valence-corrected chi connectivity index (χ2v) is 8.78. The molecule has 3 rings (SSSR count). The van der Waals surface area contributed by atoms with Gasteiger partial charge in [0.05, 0.1) is 11.4 Å². The Labute approximate surface area is 128 Å². The quantitative estimate of drug-likeness (QED) is 0.825. The SMILES string of the molecule is CN(CCS(C)(=O)=O)c1nc2sccn2c1CNC1CC1. The van der Waals surface area contributed by atoms with Crippen LogP contribution in [0.15, 0.2) is 11.6 Å².